The summed E-state index contributed by atoms with van der Waals surface area (Å²) in [5.41, 5.74) is 0.840. The van der Waals surface area contributed by atoms with E-state index in [4.69, 9.17) is 9.15 Å². The number of hydrogen-bond acceptors (Lipinski definition) is 4. The molecule has 0 saturated carbocycles. The molecule has 27 heavy (non-hydrogen) atoms. The first-order valence-corrected chi connectivity index (χ1v) is 8.05. The Morgan fingerprint density at radius 2 is 1.74 bits per heavy atom. The standard InChI is InChI=1S/C20H15F2NO4/c1-12(19(24)23-16-4-2-3-15(22)11-16)26-20(25)18-10-9-17(27-18)13-5-7-14(21)8-6-13/h2-12H,1H3,(H,23,24)/t12-/m0/s1. The molecule has 0 aliphatic rings. The fraction of sp³-hybridized carbons (Fsp3) is 0.100. The molecule has 1 N–H and O–H groups in total. The number of rotatable bonds is 5. The van der Waals surface area contributed by atoms with Gasteiger partial charge in [-0.2, -0.15) is 0 Å². The van der Waals surface area contributed by atoms with Gasteiger partial charge in [-0.15, -0.1) is 0 Å². The first kappa shape index (κ1) is 18.3. The number of carbonyl (C=O) groups is 2. The van der Waals surface area contributed by atoms with Crippen LogP contribution in [0.4, 0.5) is 14.5 Å². The van der Waals surface area contributed by atoms with Gasteiger partial charge in [-0.1, -0.05) is 6.07 Å². The third-order valence-electron chi connectivity index (χ3n) is 3.68. The first-order chi connectivity index (χ1) is 12.9. The molecule has 0 unspecified atom stereocenters. The van der Waals surface area contributed by atoms with E-state index in [9.17, 15) is 18.4 Å². The van der Waals surface area contributed by atoms with Crippen molar-refractivity contribution >= 4 is 17.6 Å². The minimum atomic E-state index is -1.12. The van der Waals surface area contributed by atoms with E-state index in [-0.39, 0.29) is 17.3 Å². The van der Waals surface area contributed by atoms with Gasteiger partial charge in [0.2, 0.25) is 5.76 Å². The molecule has 1 amide bonds. The van der Waals surface area contributed by atoms with Crippen LogP contribution in [-0.4, -0.2) is 18.0 Å². The summed E-state index contributed by atoms with van der Waals surface area (Å²) in [6.45, 7) is 1.39. The van der Waals surface area contributed by atoms with Crippen LogP contribution in [0.2, 0.25) is 0 Å². The summed E-state index contributed by atoms with van der Waals surface area (Å²) in [5, 5.41) is 2.45. The van der Waals surface area contributed by atoms with E-state index in [0.29, 0.717) is 11.3 Å². The van der Waals surface area contributed by atoms with Crippen molar-refractivity contribution in [3.63, 3.8) is 0 Å². The summed E-state index contributed by atoms with van der Waals surface area (Å²) in [6.07, 6.45) is -1.12. The van der Waals surface area contributed by atoms with Gasteiger partial charge in [-0.25, -0.2) is 13.6 Å². The number of carbonyl (C=O) groups excluding carboxylic acids is 2. The maximum atomic E-state index is 13.1. The minimum absolute atomic E-state index is 0.0975. The van der Waals surface area contributed by atoms with Crippen LogP contribution in [0.5, 0.6) is 0 Å². The molecule has 0 fully saturated rings. The summed E-state index contributed by atoms with van der Waals surface area (Å²) in [6, 6.07) is 13.9. The molecule has 0 aliphatic heterocycles. The number of furan rings is 1. The van der Waals surface area contributed by atoms with Crippen molar-refractivity contribution in [1.82, 2.24) is 0 Å². The van der Waals surface area contributed by atoms with Crippen LogP contribution in [0.3, 0.4) is 0 Å². The van der Waals surface area contributed by atoms with E-state index in [0.717, 1.165) is 6.07 Å². The van der Waals surface area contributed by atoms with E-state index >= 15 is 0 Å². The second-order valence-electron chi connectivity index (χ2n) is 5.72. The zero-order valence-corrected chi connectivity index (χ0v) is 14.2. The average Bonchev–Trinajstić information content (AvgIpc) is 3.12. The van der Waals surface area contributed by atoms with Gasteiger partial charge in [0, 0.05) is 11.3 Å². The lowest BCUT2D eigenvalue weighted by atomic mass is 10.2. The molecule has 1 aromatic heterocycles. The highest BCUT2D eigenvalue weighted by molar-refractivity contribution is 5.96. The Kier molecular flexibility index (Phi) is 5.30. The van der Waals surface area contributed by atoms with Gasteiger partial charge in [0.1, 0.15) is 17.4 Å². The van der Waals surface area contributed by atoms with Crippen molar-refractivity contribution in [3.05, 3.63) is 78.1 Å². The molecule has 0 radical (unpaired) electrons. The molecule has 7 heteroatoms. The molecule has 2 aromatic carbocycles. The Hall–Kier alpha value is -3.48. The lowest BCUT2D eigenvalue weighted by Gasteiger charge is -2.12. The molecule has 3 rings (SSSR count). The van der Waals surface area contributed by atoms with Crippen molar-refractivity contribution < 1.29 is 27.5 Å². The minimum Gasteiger partial charge on any atom is -0.449 e. The number of esters is 1. The molecular formula is C20H15F2NO4. The van der Waals surface area contributed by atoms with E-state index in [1.165, 1.54) is 55.5 Å². The molecule has 0 saturated heterocycles. The maximum Gasteiger partial charge on any atom is 0.375 e. The number of ether oxygens (including phenoxy) is 1. The van der Waals surface area contributed by atoms with Crippen LogP contribution in [0, 0.1) is 11.6 Å². The topological polar surface area (TPSA) is 68.5 Å². The van der Waals surface area contributed by atoms with Gasteiger partial charge in [0.25, 0.3) is 5.91 Å². The van der Waals surface area contributed by atoms with Crippen molar-refractivity contribution in [2.45, 2.75) is 13.0 Å². The third kappa shape index (κ3) is 4.58. The smallest absolute Gasteiger partial charge is 0.375 e. The molecule has 1 heterocycles. The normalized spacial score (nSPS) is 11.7. The number of anilines is 1. The Labute approximate surface area is 153 Å². The van der Waals surface area contributed by atoms with Crippen molar-refractivity contribution in [2.75, 3.05) is 5.32 Å². The number of nitrogens with one attached hydrogen (secondary N) is 1. The van der Waals surface area contributed by atoms with E-state index < -0.39 is 23.8 Å². The number of benzene rings is 2. The predicted octanol–water partition coefficient (Wildman–Crippen LogP) is 4.41. The summed E-state index contributed by atoms with van der Waals surface area (Å²) in [7, 11) is 0. The van der Waals surface area contributed by atoms with E-state index in [1.54, 1.807) is 6.07 Å². The largest absolute Gasteiger partial charge is 0.449 e. The third-order valence-corrected chi connectivity index (χ3v) is 3.68. The second kappa shape index (κ2) is 7.82. The highest BCUT2D eigenvalue weighted by atomic mass is 19.1. The zero-order chi connectivity index (χ0) is 19.4. The van der Waals surface area contributed by atoms with Gasteiger partial charge in [-0.05, 0) is 61.5 Å². The summed E-state index contributed by atoms with van der Waals surface area (Å²) < 4.78 is 36.6. The van der Waals surface area contributed by atoms with Gasteiger partial charge in [-0.3, -0.25) is 4.79 Å². The second-order valence-corrected chi connectivity index (χ2v) is 5.72. The van der Waals surface area contributed by atoms with Gasteiger partial charge in [0.15, 0.2) is 6.10 Å². The van der Waals surface area contributed by atoms with Crippen LogP contribution in [0.15, 0.2) is 65.1 Å². The SMILES string of the molecule is C[C@H](OC(=O)c1ccc(-c2ccc(F)cc2)o1)C(=O)Nc1cccc(F)c1. The highest BCUT2D eigenvalue weighted by Gasteiger charge is 2.21. The van der Waals surface area contributed by atoms with E-state index in [1.807, 2.05) is 0 Å². The monoisotopic (exact) mass is 371 g/mol. The summed E-state index contributed by atoms with van der Waals surface area (Å²) in [4.78, 5) is 24.2. The van der Waals surface area contributed by atoms with Crippen LogP contribution < -0.4 is 5.32 Å². The van der Waals surface area contributed by atoms with Crippen LogP contribution >= 0.6 is 0 Å². The molecule has 0 bridgehead atoms. The molecule has 3 aromatic rings. The Morgan fingerprint density at radius 1 is 1.00 bits per heavy atom. The number of hydrogen-bond donors (Lipinski definition) is 1. The van der Waals surface area contributed by atoms with Crippen molar-refractivity contribution in [1.29, 1.82) is 0 Å². The lowest BCUT2D eigenvalue weighted by molar-refractivity contribution is -0.123. The molecular weight excluding hydrogens is 356 g/mol. The fourth-order valence-corrected chi connectivity index (χ4v) is 2.30. The predicted molar refractivity (Wildman–Crippen MR) is 94.0 cm³/mol. The highest BCUT2D eigenvalue weighted by Crippen LogP contribution is 2.23. The van der Waals surface area contributed by atoms with Crippen molar-refractivity contribution in [2.24, 2.45) is 0 Å². The van der Waals surface area contributed by atoms with Gasteiger partial charge >= 0.3 is 5.97 Å². The van der Waals surface area contributed by atoms with Crippen LogP contribution in [0.25, 0.3) is 11.3 Å². The number of halogens is 2. The maximum absolute atomic E-state index is 13.1. The Bertz CT molecular complexity index is 966. The average molecular weight is 371 g/mol. The number of amides is 1. The Balaban J connectivity index is 1.62. The fourth-order valence-electron chi connectivity index (χ4n) is 2.30. The quantitative estimate of drug-likeness (QED) is 0.675. The molecule has 138 valence electrons. The molecule has 5 nitrogen and oxygen atoms in total. The van der Waals surface area contributed by atoms with Crippen molar-refractivity contribution in [3.8, 4) is 11.3 Å². The van der Waals surface area contributed by atoms with Gasteiger partial charge < -0.3 is 14.5 Å². The van der Waals surface area contributed by atoms with Gasteiger partial charge in [0.05, 0.1) is 0 Å². The van der Waals surface area contributed by atoms with Crippen LogP contribution in [0.1, 0.15) is 17.5 Å². The summed E-state index contributed by atoms with van der Waals surface area (Å²) in [5.74, 6) is -2.06. The molecule has 0 spiro atoms. The first-order valence-electron chi connectivity index (χ1n) is 8.05. The zero-order valence-electron chi connectivity index (χ0n) is 14.2. The Morgan fingerprint density at radius 3 is 2.44 bits per heavy atom. The van der Waals surface area contributed by atoms with E-state index in [2.05, 4.69) is 5.32 Å². The molecule has 0 aliphatic carbocycles. The molecule has 1 atom stereocenters. The lowest BCUT2D eigenvalue weighted by Crippen LogP contribution is -2.29. The van der Waals surface area contributed by atoms with Crippen LogP contribution in [-0.2, 0) is 9.53 Å². The summed E-state index contributed by atoms with van der Waals surface area (Å²) >= 11 is 0.